The fourth-order valence-electron chi connectivity index (χ4n) is 9.20. The average Bonchev–Trinajstić information content (AvgIpc) is 0.831. The maximum absolute atomic E-state index is 4.70. The fraction of sp³-hybridized carbons (Fsp3) is 0.0562. The molecule has 0 saturated heterocycles. The predicted octanol–water partition coefficient (Wildman–Crippen LogP) is 22.7. The van der Waals surface area contributed by atoms with E-state index in [0.717, 1.165) is 34.3 Å². The molecule has 14 aromatic rings. The third-order valence-corrected chi connectivity index (χ3v) is 23.3. The molecule has 0 atom stereocenters. The van der Waals surface area contributed by atoms with Gasteiger partial charge in [-0.05, 0) is 90.1 Å². The molecule has 14 aromatic carbocycles. The molecule has 0 aliphatic rings. The largest absolute Gasteiger partial charge is 0.0622 e. The van der Waals surface area contributed by atoms with Crippen molar-refractivity contribution >= 4 is 186 Å². The maximum atomic E-state index is 4.70. The van der Waals surface area contributed by atoms with E-state index in [9.17, 15) is 0 Å². The van der Waals surface area contributed by atoms with E-state index >= 15 is 0 Å². The summed E-state index contributed by atoms with van der Waals surface area (Å²) >= 11 is 1.71. The first kappa shape index (κ1) is 91.3. The Balaban J connectivity index is 0.000000256. The summed E-state index contributed by atoms with van der Waals surface area (Å²) in [6.45, 7) is 8.25. The number of hydrogen-bond acceptors (Lipinski definition) is 0. The number of benzene rings is 14. The molecule has 0 aliphatic carbocycles. The van der Waals surface area contributed by atoms with E-state index in [1.54, 1.807) is 0 Å². The van der Waals surface area contributed by atoms with Gasteiger partial charge in [0.05, 0.1) is 0 Å². The molecule has 0 aromatic heterocycles. The monoisotopic (exact) mass is 1730 g/mol. The van der Waals surface area contributed by atoms with Crippen molar-refractivity contribution in [3.05, 3.63) is 425 Å². The molecule has 0 radical (unpaired) electrons. The van der Waals surface area contributed by atoms with Crippen LogP contribution >= 0.6 is 111 Å². The van der Waals surface area contributed by atoms with Crippen LogP contribution in [-0.2, 0) is 38.0 Å². The van der Waals surface area contributed by atoms with Gasteiger partial charge < -0.3 is 0 Å². The van der Waals surface area contributed by atoms with Crippen LogP contribution in [0, 0.1) is 0 Å². The van der Waals surface area contributed by atoms with Crippen molar-refractivity contribution in [2.45, 2.75) is 34.1 Å². The molecular weight excluding hydrogens is 1640 g/mol. The Hall–Kier alpha value is -5.12. The van der Waals surface area contributed by atoms with Crippen molar-refractivity contribution in [1.82, 2.24) is 0 Å². The van der Waals surface area contributed by atoms with Crippen LogP contribution in [-0.4, -0.2) is 0 Å². The van der Waals surface area contributed by atoms with Gasteiger partial charge in [0.25, 0.3) is 0 Å². The molecule has 15 heteroatoms. The van der Waals surface area contributed by atoms with E-state index in [1.807, 2.05) is 13.8 Å². The summed E-state index contributed by atoms with van der Waals surface area (Å²) in [6, 6.07) is 149. The Labute approximate surface area is 675 Å². The Morgan fingerprint density at radius 1 is 0.183 bits per heavy atom. The van der Waals surface area contributed by atoms with Crippen molar-refractivity contribution in [2.75, 3.05) is 0 Å². The van der Waals surface area contributed by atoms with Crippen LogP contribution in [0.15, 0.2) is 425 Å². The van der Waals surface area contributed by atoms with Gasteiger partial charge in [-0.1, -0.05) is 493 Å². The molecule has 0 amide bonds. The van der Waals surface area contributed by atoms with E-state index in [1.165, 1.54) is 80.7 Å². The second-order valence-electron chi connectivity index (χ2n) is 21.0. The van der Waals surface area contributed by atoms with Gasteiger partial charge in [-0.15, -0.1) is 0 Å². The zero-order valence-electron chi connectivity index (χ0n) is 58.2. The van der Waals surface area contributed by atoms with Crippen molar-refractivity contribution < 1.29 is 38.0 Å². The van der Waals surface area contributed by atoms with Crippen molar-refractivity contribution in [1.29, 1.82) is 0 Å². The van der Waals surface area contributed by atoms with E-state index in [0.29, 0.717) is 38.0 Å². The fourth-order valence-corrected chi connectivity index (χ4v) is 18.0. The summed E-state index contributed by atoms with van der Waals surface area (Å²) in [5, 5.41) is 19.6. The molecule has 0 bridgehead atoms. The van der Waals surface area contributed by atoms with E-state index in [4.69, 9.17) is 61.2 Å². The maximum Gasteiger partial charge on any atom is -0.0134 e. The van der Waals surface area contributed by atoms with Crippen LogP contribution in [0.3, 0.4) is 0 Å². The SMILES string of the molecule is CC.CCC.[Cl][Ni][Cl].[Cl][Ni][Cl].[Cl][Ni][Cl].c1ccc(P(c2ccccc2)c2ccccc2)cc1.c1ccc(P(c2ccccc2)c2ccccc2)cc1.c1ccc(Pc2ccccc2)cc1.c1ccc(Pc2ccccc2)cc1.c1ccc(Pc2ccccc2)cc1.c1ccc(Pc2ccccc2)cc1. The molecule has 546 valence electrons. The molecule has 104 heavy (non-hydrogen) atoms. The van der Waals surface area contributed by atoms with Gasteiger partial charge in [0.15, 0.2) is 0 Å². The number of halogens is 6. The van der Waals surface area contributed by atoms with E-state index < -0.39 is 15.8 Å². The molecule has 0 fully saturated rings. The van der Waals surface area contributed by atoms with Crippen LogP contribution in [0.25, 0.3) is 0 Å². The predicted molar refractivity (Wildman–Crippen MR) is 475 cm³/mol. The summed E-state index contributed by atoms with van der Waals surface area (Å²) < 4.78 is 0. The molecule has 0 aliphatic heterocycles. The van der Waals surface area contributed by atoms with E-state index in [-0.39, 0.29) is 0 Å². The van der Waals surface area contributed by atoms with Gasteiger partial charge >= 0.3 is 99.1 Å². The number of rotatable bonds is 14. The average molecular weight is 1730 g/mol. The van der Waals surface area contributed by atoms with Crippen LogP contribution in [0.5, 0.6) is 0 Å². The minimum atomic E-state index is -0.446. The van der Waals surface area contributed by atoms with Gasteiger partial charge in [-0.3, -0.25) is 0 Å². The molecule has 0 N–H and O–H groups in total. The van der Waals surface area contributed by atoms with Gasteiger partial charge in [-0.25, -0.2) is 0 Å². The normalized spacial score (nSPS) is 9.65. The first-order valence-electron chi connectivity index (χ1n) is 33.2. The summed E-state index contributed by atoms with van der Waals surface area (Å²) in [5.74, 6) is 0. The third-order valence-electron chi connectivity index (χ3n) is 13.4. The summed E-state index contributed by atoms with van der Waals surface area (Å²) in [4.78, 5) is 0. The summed E-state index contributed by atoms with van der Waals surface area (Å²) in [6.07, 6.45) is 1.25. The van der Waals surface area contributed by atoms with Gasteiger partial charge in [-0.2, -0.15) is 0 Å². The Morgan fingerprint density at radius 3 is 0.346 bits per heavy atom. The smallest absolute Gasteiger partial charge is 0.0134 e. The topological polar surface area (TPSA) is 0 Å². The van der Waals surface area contributed by atoms with Crippen molar-refractivity contribution in [2.24, 2.45) is 0 Å². The van der Waals surface area contributed by atoms with Crippen molar-refractivity contribution in [3.63, 3.8) is 0 Å². The Morgan fingerprint density at radius 2 is 0.260 bits per heavy atom. The van der Waals surface area contributed by atoms with Crippen LogP contribution in [0.4, 0.5) is 0 Å². The third kappa shape index (κ3) is 41.3. The van der Waals surface area contributed by atoms with E-state index in [2.05, 4.69) is 438 Å². The molecule has 14 rings (SSSR count). The first-order valence-corrected chi connectivity index (χ1v) is 48.1. The van der Waals surface area contributed by atoms with Crippen molar-refractivity contribution in [3.8, 4) is 0 Å². The Kier molecular flexibility index (Phi) is 55.2. The molecule has 0 spiro atoms. The molecule has 0 unspecified atom stereocenters. The summed E-state index contributed by atoms with van der Waals surface area (Å²) in [5.41, 5.74) is 0. The zero-order chi connectivity index (χ0) is 74.4. The second kappa shape index (κ2) is 62.9. The van der Waals surface area contributed by atoms with Gasteiger partial charge in [0, 0.05) is 0 Å². The minimum Gasteiger partial charge on any atom is -0.0622 e. The van der Waals surface area contributed by atoms with Crippen LogP contribution < -0.4 is 74.3 Å². The minimum absolute atomic E-state index is 0.446. The molecule has 0 saturated carbocycles. The van der Waals surface area contributed by atoms with Gasteiger partial charge in [0.2, 0.25) is 0 Å². The quantitative estimate of drug-likeness (QED) is 0.0752. The second-order valence-corrected chi connectivity index (χ2v) is 35.9. The summed E-state index contributed by atoms with van der Waals surface area (Å²) in [7, 11) is 30.4. The standard InChI is InChI=1S/2C18H15P.4C12H11P.C3H8.C2H6.6ClH.3Ni/c2*1-4-10-16(11-5-1)19(17-12-6-2-7-13-17)18-14-8-3-9-15-18;4*1-3-7-11(8-4-1)13-12-9-5-2-6-10-12;1-3-2;1-2;;;;;;;;;/h2*1-15H;4*1-10,13H;3H2,1-2H3;1-2H3;6*1H;;;/q;;;;;;;;;;;;;;3*+2/p-6. The molecule has 0 nitrogen and oxygen atoms in total. The number of hydrogen-bond donors (Lipinski definition) is 0. The Bertz CT molecular complexity index is 3400. The van der Waals surface area contributed by atoms with Crippen LogP contribution in [0.1, 0.15) is 34.1 Å². The molecular formula is C89H88Cl6Ni3P6. The first-order chi connectivity index (χ1) is 51.4. The van der Waals surface area contributed by atoms with Gasteiger partial charge in [0.1, 0.15) is 0 Å². The zero-order valence-corrected chi connectivity index (χ0v) is 71.5. The van der Waals surface area contributed by atoms with Crippen LogP contribution in [0.2, 0.25) is 0 Å². The molecule has 0 heterocycles.